The van der Waals surface area contributed by atoms with E-state index in [1.807, 2.05) is 37.3 Å². The number of aromatic amines is 1. The second-order valence-electron chi connectivity index (χ2n) is 4.76. The van der Waals surface area contributed by atoms with Crippen molar-refractivity contribution in [3.63, 3.8) is 0 Å². The van der Waals surface area contributed by atoms with Gasteiger partial charge in [-0.05, 0) is 19.3 Å². The zero-order chi connectivity index (χ0) is 14.5. The van der Waals surface area contributed by atoms with Gasteiger partial charge in [0, 0.05) is 5.56 Å². The summed E-state index contributed by atoms with van der Waals surface area (Å²) in [5, 5.41) is 7.34. The summed E-state index contributed by atoms with van der Waals surface area (Å²) in [6.45, 7) is 6.33. The van der Waals surface area contributed by atoms with Crippen molar-refractivity contribution in [2.45, 2.75) is 33.1 Å². The molecule has 1 aromatic heterocycles. The lowest BCUT2D eigenvalue weighted by atomic mass is 9.97. The van der Waals surface area contributed by atoms with Crippen molar-refractivity contribution in [3.8, 4) is 11.3 Å². The summed E-state index contributed by atoms with van der Waals surface area (Å²) in [5.41, 5.74) is 3.00. The number of ether oxygens (including phenoxy) is 1. The van der Waals surface area contributed by atoms with Gasteiger partial charge in [0.25, 0.3) is 0 Å². The van der Waals surface area contributed by atoms with E-state index in [0.717, 1.165) is 17.7 Å². The van der Waals surface area contributed by atoms with Crippen LogP contribution < -0.4 is 0 Å². The fourth-order valence-corrected chi connectivity index (χ4v) is 2.13. The zero-order valence-electron chi connectivity index (χ0n) is 12.1. The first-order valence-corrected chi connectivity index (χ1v) is 6.99. The van der Waals surface area contributed by atoms with Gasteiger partial charge in [-0.1, -0.05) is 44.2 Å². The molecule has 106 valence electrons. The van der Waals surface area contributed by atoms with Gasteiger partial charge >= 0.3 is 5.97 Å². The Morgan fingerprint density at radius 3 is 2.60 bits per heavy atom. The van der Waals surface area contributed by atoms with E-state index in [-0.39, 0.29) is 11.9 Å². The molecular weight excluding hydrogens is 252 g/mol. The highest BCUT2D eigenvalue weighted by Gasteiger charge is 2.24. The van der Waals surface area contributed by atoms with Gasteiger partial charge in [0.05, 0.1) is 12.3 Å². The molecule has 0 saturated carbocycles. The smallest absolute Gasteiger partial charge is 0.342 e. The monoisotopic (exact) mass is 272 g/mol. The van der Waals surface area contributed by atoms with Crippen LogP contribution in [0.5, 0.6) is 0 Å². The van der Waals surface area contributed by atoms with E-state index in [2.05, 4.69) is 24.0 Å². The first kappa shape index (κ1) is 14.3. The molecule has 1 atom stereocenters. The van der Waals surface area contributed by atoms with Crippen molar-refractivity contribution in [2.75, 3.05) is 6.61 Å². The number of nitrogens with zero attached hydrogens (tertiary/aromatic N) is 1. The highest BCUT2D eigenvalue weighted by molar-refractivity contribution is 5.97. The van der Waals surface area contributed by atoms with Crippen molar-refractivity contribution >= 4 is 5.97 Å². The number of hydrogen-bond acceptors (Lipinski definition) is 3. The second-order valence-corrected chi connectivity index (χ2v) is 4.76. The molecule has 0 bridgehead atoms. The van der Waals surface area contributed by atoms with Crippen molar-refractivity contribution in [3.05, 3.63) is 41.6 Å². The molecular formula is C16H20N2O2. The number of carbonyl (C=O) groups is 1. The summed E-state index contributed by atoms with van der Waals surface area (Å²) < 4.78 is 5.18. The van der Waals surface area contributed by atoms with Crippen molar-refractivity contribution in [2.24, 2.45) is 0 Å². The Hall–Kier alpha value is -2.10. The van der Waals surface area contributed by atoms with Crippen LogP contribution in [0.1, 0.15) is 49.2 Å². The molecule has 0 fully saturated rings. The molecule has 4 nitrogen and oxygen atoms in total. The van der Waals surface area contributed by atoms with E-state index in [1.54, 1.807) is 0 Å². The molecule has 2 aromatic rings. The predicted octanol–water partition coefficient (Wildman–Crippen LogP) is 3.77. The normalized spacial score (nSPS) is 12.2. The average Bonchev–Trinajstić information content (AvgIpc) is 2.92. The molecule has 1 heterocycles. The fraction of sp³-hybridized carbons (Fsp3) is 0.375. The van der Waals surface area contributed by atoms with Gasteiger partial charge < -0.3 is 4.74 Å². The number of hydrogen-bond donors (Lipinski definition) is 1. The summed E-state index contributed by atoms with van der Waals surface area (Å²) in [5.74, 6) is -0.0743. The Balaban J connectivity index is 2.52. The Labute approximate surface area is 119 Å². The van der Waals surface area contributed by atoms with Crippen LogP contribution in [0.2, 0.25) is 0 Å². The third kappa shape index (κ3) is 2.74. The minimum Gasteiger partial charge on any atom is -0.462 e. The SMILES string of the molecule is CCOC(=O)c1c(-c2ccccc2)n[nH]c1C(C)CC. The van der Waals surface area contributed by atoms with Crippen LogP contribution in [-0.4, -0.2) is 22.8 Å². The standard InChI is InChI=1S/C16H20N2O2/c1-4-11(3)14-13(16(19)20-5-2)15(18-17-14)12-9-7-6-8-10-12/h6-11H,4-5H2,1-3H3,(H,17,18). The maximum atomic E-state index is 12.3. The number of aromatic nitrogens is 2. The number of H-pyrrole nitrogens is 1. The topological polar surface area (TPSA) is 55.0 Å². The fourth-order valence-electron chi connectivity index (χ4n) is 2.13. The van der Waals surface area contributed by atoms with Crippen molar-refractivity contribution in [1.82, 2.24) is 10.2 Å². The van der Waals surface area contributed by atoms with Crippen LogP contribution in [0.4, 0.5) is 0 Å². The van der Waals surface area contributed by atoms with Crippen LogP contribution in [0.15, 0.2) is 30.3 Å². The number of carbonyl (C=O) groups excluding carboxylic acids is 1. The highest BCUT2D eigenvalue weighted by atomic mass is 16.5. The van der Waals surface area contributed by atoms with E-state index < -0.39 is 0 Å². The first-order valence-electron chi connectivity index (χ1n) is 6.99. The molecule has 4 heteroatoms. The molecule has 0 radical (unpaired) electrons. The van der Waals surface area contributed by atoms with Gasteiger partial charge in [-0.3, -0.25) is 5.10 Å². The van der Waals surface area contributed by atoms with E-state index in [0.29, 0.717) is 17.9 Å². The largest absolute Gasteiger partial charge is 0.462 e. The molecule has 20 heavy (non-hydrogen) atoms. The Morgan fingerprint density at radius 2 is 2.00 bits per heavy atom. The summed E-state index contributed by atoms with van der Waals surface area (Å²) in [4.78, 5) is 12.3. The molecule has 0 aliphatic carbocycles. The molecule has 0 spiro atoms. The molecule has 1 aromatic carbocycles. The van der Waals surface area contributed by atoms with E-state index in [4.69, 9.17) is 4.74 Å². The molecule has 1 unspecified atom stereocenters. The number of esters is 1. The van der Waals surface area contributed by atoms with Gasteiger partial charge in [-0.25, -0.2) is 4.79 Å². The second kappa shape index (κ2) is 6.37. The van der Waals surface area contributed by atoms with E-state index in [1.165, 1.54) is 0 Å². The van der Waals surface area contributed by atoms with Gasteiger partial charge in [-0.15, -0.1) is 0 Å². The van der Waals surface area contributed by atoms with Crippen LogP contribution in [0.3, 0.4) is 0 Å². The first-order chi connectivity index (χ1) is 9.69. The summed E-state index contributed by atoms with van der Waals surface area (Å²) in [6, 6.07) is 9.69. The number of nitrogens with one attached hydrogen (secondary N) is 1. The Kier molecular flexibility index (Phi) is 4.56. The molecule has 2 rings (SSSR count). The Bertz CT molecular complexity index is 575. The number of benzene rings is 1. The average molecular weight is 272 g/mol. The lowest BCUT2D eigenvalue weighted by molar-refractivity contribution is 0.0525. The van der Waals surface area contributed by atoms with Crippen LogP contribution >= 0.6 is 0 Å². The van der Waals surface area contributed by atoms with Crippen LogP contribution in [-0.2, 0) is 4.74 Å². The molecule has 1 N–H and O–H groups in total. The van der Waals surface area contributed by atoms with Crippen LogP contribution in [0, 0.1) is 0 Å². The lowest BCUT2D eigenvalue weighted by Crippen LogP contribution is -2.09. The van der Waals surface area contributed by atoms with Gasteiger partial charge in [-0.2, -0.15) is 5.10 Å². The number of rotatable bonds is 5. The maximum Gasteiger partial charge on any atom is 0.342 e. The van der Waals surface area contributed by atoms with E-state index >= 15 is 0 Å². The van der Waals surface area contributed by atoms with Crippen molar-refractivity contribution < 1.29 is 9.53 Å². The molecule has 0 aliphatic heterocycles. The summed E-state index contributed by atoms with van der Waals surface area (Å²) in [6.07, 6.45) is 0.933. The van der Waals surface area contributed by atoms with Gasteiger partial charge in [0.2, 0.25) is 0 Å². The third-order valence-electron chi connectivity index (χ3n) is 3.43. The zero-order valence-corrected chi connectivity index (χ0v) is 12.1. The molecule has 0 saturated heterocycles. The highest BCUT2D eigenvalue weighted by Crippen LogP contribution is 2.29. The molecule has 0 aliphatic rings. The third-order valence-corrected chi connectivity index (χ3v) is 3.43. The molecule has 0 amide bonds. The van der Waals surface area contributed by atoms with Gasteiger partial charge in [0.1, 0.15) is 11.3 Å². The lowest BCUT2D eigenvalue weighted by Gasteiger charge is -2.10. The quantitative estimate of drug-likeness (QED) is 0.843. The maximum absolute atomic E-state index is 12.3. The Morgan fingerprint density at radius 1 is 1.30 bits per heavy atom. The van der Waals surface area contributed by atoms with Crippen LogP contribution in [0.25, 0.3) is 11.3 Å². The minimum atomic E-state index is -0.310. The van der Waals surface area contributed by atoms with E-state index in [9.17, 15) is 4.79 Å². The van der Waals surface area contributed by atoms with Gasteiger partial charge in [0.15, 0.2) is 0 Å². The minimum absolute atomic E-state index is 0.236. The summed E-state index contributed by atoms with van der Waals surface area (Å²) in [7, 11) is 0. The summed E-state index contributed by atoms with van der Waals surface area (Å²) >= 11 is 0. The van der Waals surface area contributed by atoms with Crippen molar-refractivity contribution in [1.29, 1.82) is 0 Å². The predicted molar refractivity (Wildman–Crippen MR) is 78.7 cm³/mol.